The predicted molar refractivity (Wildman–Crippen MR) is 98.3 cm³/mol. The van der Waals surface area contributed by atoms with Gasteiger partial charge < -0.3 is 18.9 Å². The van der Waals surface area contributed by atoms with Gasteiger partial charge in [-0.3, -0.25) is 4.79 Å². The average molecular weight is 411 g/mol. The van der Waals surface area contributed by atoms with Gasteiger partial charge in [0.1, 0.15) is 6.10 Å². The number of ether oxygens (including phenoxy) is 4. The Morgan fingerprint density at radius 2 is 2.00 bits per heavy atom. The first kappa shape index (κ1) is 18.3. The molecule has 3 atom stereocenters. The van der Waals surface area contributed by atoms with Crippen LogP contribution in [0.15, 0.2) is 24.5 Å². The number of alkyl halides is 1. The van der Waals surface area contributed by atoms with Gasteiger partial charge in [-0.05, 0) is 30.5 Å². The largest absolute Gasteiger partial charge is 0.496 e. The lowest BCUT2D eigenvalue weighted by molar-refractivity contribution is -0.127. The zero-order chi connectivity index (χ0) is 17.8. The van der Waals surface area contributed by atoms with Gasteiger partial charge in [0.15, 0.2) is 17.3 Å². The van der Waals surface area contributed by atoms with Crippen molar-refractivity contribution in [3.05, 3.63) is 30.0 Å². The number of carbonyl (C=O) groups excluding carboxylic acids is 1. The van der Waals surface area contributed by atoms with Gasteiger partial charge in [-0.25, -0.2) is 0 Å². The summed E-state index contributed by atoms with van der Waals surface area (Å²) in [5.41, 5.74) is 1.39. The molecule has 0 saturated heterocycles. The normalized spacial score (nSPS) is 25.6. The van der Waals surface area contributed by atoms with Gasteiger partial charge in [-0.1, -0.05) is 22.0 Å². The van der Waals surface area contributed by atoms with Crippen LogP contribution in [-0.4, -0.2) is 44.1 Å². The van der Waals surface area contributed by atoms with E-state index in [1.807, 2.05) is 12.1 Å². The number of hydrogen-bond donors (Lipinski definition) is 0. The van der Waals surface area contributed by atoms with Crippen LogP contribution in [-0.2, 0) is 14.3 Å². The Balaban J connectivity index is 1.77. The summed E-state index contributed by atoms with van der Waals surface area (Å²) in [6.45, 7) is 0.683. The maximum atomic E-state index is 13.0. The highest BCUT2D eigenvalue weighted by Crippen LogP contribution is 2.39. The SMILES string of the molecule is COc1ccc(C2=COC3CC(OCCBr)CCC3C2=O)cc1OC. The lowest BCUT2D eigenvalue weighted by Gasteiger charge is -2.37. The lowest BCUT2D eigenvalue weighted by Crippen LogP contribution is -2.41. The third-order valence-electron chi connectivity index (χ3n) is 4.83. The van der Waals surface area contributed by atoms with Crippen LogP contribution in [0.25, 0.3) is 5.57 Å². The summed E-state index contributed by atoms with van der Waals surface area (Å²) in [4.78, 5) is 13.0. The Hall–Kier alpha value is -1.53. The molecule has 0 bridgehead atoms. The second-order valence-electron chi connectivity index (χ2n) is 6.24. The van der Waals surface area contributed by atoms with E-state index in [1.165, 1.54) is 0 Å². The third-order valence-corrected chi connectivity index (χ3v) is 5.16. The smallest absolute Gasteiger partial charge is 0.173 e. The highest BCUT2D eigenvalue weighted by atomic mass is 79.9. The molecule has 0 amide bonds. The van der Waals surface area contributed by atoms with Gasteiger partial charge in [-0.2, -0.15) is 0 Å². The Labute approximate surface area is 156 Å². The molecule has 25 heavy (non-hydrogen) atoms. The van der Waals surface area contributed by atoms with Crippen LogP contribution in [0.3, 0.4) is 0 Å². The van der Waals surface area contributed by atoms with E-state index in [0.717, 1.165) is 30.2 Å². The van der Waals surface area contributed by atoms with Gasteiger partial charge >= 0.3 is 0 Å². The molecule has 1 heterocycles. The number of allylic oxidation sites excluding steroid dienone is 1. The molecule has 1 aromatic rings. The molecule has 6 heteroatoms. The number of halogens is 1. The number of fused-ring (bicyclic) bond motifs is 1. The fourth-order valence-corrected chi connectivity index (χ4v) is 3.72. The third kappa shape index (κ3) is 3.85. The summed E-state index contributed by atoms with van der Waals surface area (Å²) in [6, 6.07) is 5.48. The van der Waals surface area contributed by atoms with Crippen molar-refractivity contribution in [2.24, 2.45) is 5.92 Å². The minimum Gasteiger partial charge on any atom is -0.496 e. The monoisotopic (exact) mass is 410 g/mol. The second kappa shape index (κ2) is 8.23. The van der Waals surface area contributed by atoms with E-state index in [4.69, 9.17) is 18.9 Å². The topological polar surface area (TPSA) is 54.0 Å². The van der Waals surface area contributed by atoms with Crippen LogP contribution in [0, 0.1) is 5.92 Å². The number of ketones is 1. The van der Waals surface area contributed by atoms with Crippen molar-refractivity contribution < 1.29 is 23.7 Å². The van der Waals surface area contributed by atoms with E-state index in [0.29, 0.717) is 23.7 Å². The van der Waals surface area contributed by atoms with Gasteiger partial charge in [-0.15, -0.1) is 0 Å². The van der Waals surface area contributed by atoms with Crippen molar-refractivity contribution >= 4 is 27.3 Å². The lowest BCUT2D eigenvalue weighted by atomic mass is 9.78. The molecule has 2 aliphatic rings. The molecule has 3 unspecified atom stereocenters. The van der Waals surface area contributed by atoms with E-state index >= 15 is 0 Å². The number of rotatable bonds is 6. The van der Waals surface area contributed by atoms with E-state index < -0.39 is 0 Å². The van der Waals surface area contributed by atoms with Gasteiger partial charge in [0.05, 0.1) is 44.7 Å². The number of Topliss-reactive ketones (excluding diaryl/α,β-unsaturated/α-hetero) is 1. The molecular formula is C19H23BrO5. The molecule has 1 aliphatic heterocycles. The van der Waals surface area contributed by atoms with E-state index in [9.17, 15) is 4.79 Å². The molecule has 1 saturated carbocycles. The first-order valence-electron chi connectivity index (χ1n) is 8.47. The highest BCUT2D eigenvalue weighted by molar-refractivity contribution is 9.09. The van der Waals surface area contributed by atoms with Crippen LogP contribution in [0.2, 0.25) is 0 Å². The van der Waals surface area contributed by atoms with Crippen molar-refractivity contribution in [2.45, 2.75) is 31.5 Å². The maximum absolute atomic E-state index is 13.0. The van der Waals surface area contributed by atoms with E-state index in [1.54, 1.807) is 26.5 Å². The van der Waals surface area contributed by atoms with Gasteiger partial charge in [0, 0.05) is 11.8 Å². The molecule has 1 fully saturated rings. The van der Waals surface area contributed by atoms with Gasteiger partial charge in [0.2, 0.25) is 0 Å². The zero-order valence-corrected chi connectivity index (χ0v) is 16.1. The summed E-state index contributed by atoms with van der Waals surface area (Å²) in [5.74, 6) is 1.28. The van der Waals surface area contributed by atoms with Crippen molar-refractivity contribution in [2.75, 3.05) is 26.2 Å². The Morgan fingerprint density at radius 1 is 1.20 bits per heavy atom. The molecule has 0 radical (unpaired) electrons. The van der Waals surface area contributed by atoms with Crippen molar-refractivity contribution in [3.8, 4) is 11.5 Å². The summed E-state index contributed by atoms with van der Waals surface area (Å²) < 4.78 is 22.3. The number of carbonyl (C=O) groups is 1. The number of benzene rings is 1. The molecule has 1 aromatic carbocycles. The predicted octanol–water partition coefficient (Wildman–Crippen LogP) is 3.59. The summed E-state index contributed by atoms with van der Waals surface area (Å²) in [6.07, 6.45) is 4.12. The quantitative estimate of drug-likeness (QED) is 0.670. The molecule has 0 aromatic heterocycles. The van der Waals surface area contributed by atoms with E-state index in [2.05, 4.69) is 15.9 Å². The fraction of sp³-hybridized carbons (Fsp3) is 0.526. The van der Waals surface area contributed by atoms with Crippen LogP contribution >= 0.6 is 15.9 Å². The Morgan fingerprint density at radius 3 is 2.72 bits per heavy atom. The molecule has 5 nitrogen and oxygen atoms in total. The summed E-state index contributed by atoms with van der Waals surface area (Å²) >= 11 is 3.37. The molecule has 3 rings (SSSR count). The van der Waals surface area contributed by atoms with Gasteiger partial charge in [0.25, 0.3) is 0 Å². The summed E-state index contributed by atoms with van der Waals surface area (Å²) in [5, 5.41) is 0.820. The van der Waals surface area contributed by atoms with Crippen molar-refractivity contribution in [1.82, 2.24) is 0 Å². The van der Waals surface area contributed by atoms with Crippen LogP contribution in [0.4, 0.5) is 0 Å². The zero-order valence-electron chi connectivity index (χ0n) is 14.5. The molecule has 1 aliphatic carbocycles. The van der Waals surface area contributed by atoms with Crippen LogP contribution in [0.5, 0.6) is 11.5 Å². The minimum absolute atomic E-state index is 0.0922. The summed E-state index contributed by atoms with van der Waals surface area (Å²) in [7, 11) is 3.17. The Bertz CT molecular complexity index is 657. The second-order valence-corrected chi connectivity index (χ2v) is 7.03. The number of hydrogen-bond acceptors (Lipinski definition) is 5. The fourth-order valence-electron chi connectivity index (χ4n) is 3.53. The first-order valence-corrected chi connectivity index (χ1v) is 9.60. The Kier molecular flexibility index (Phi) is 6.02. The number of methoxy groups -OCH3 is 2. The minimum atomic E-state index is -0.100. The average Bonchev–Trinajstić information content (AvgIpc) is 2.66. The van der Waals surface area contributed by atoms with Crippen LogP contribution in [0.1, 0.15) is 24.8 Å². The maximum Gasteiger partial charge on any atom is 0.173 e. The highest BCUT2D eigenvalue weighted by Gasteiger charge is 2.40. The first-order chi connectivity index (χ1) is 12.2. The van der Waals surface area contributed by atoms with Crippen molar-refractivity contribution in [1.29, 1.82) is 0 Å². The standard InChI is InChI=1S/C19H23BrO5/c1-22-16-6-3-12(9-18(16)23-2)15-11-25-17-10-13(24-8-7-20)4-5-14(17)19(15)21/h3,6,9,11,13-14,17H,4-5,7-8,10H2,1-2H3. The van der Waals surface area contributed by atoms with Crippen molar-refractivity contribution in [3.63, 3.8) is 0 Å². The molecular weight excluding hydrogens is 388 g/mol. The van der Waals surface area contributed by atoms with Crippen LogP contribution < -0.4 is 9.47 Å². The molecule has 0 N–H and O–H groups in total. The molecule has 0 spiro atoms. The van der Waals surface area contributed by atoms with E-state index in [-0.39, 0.29) is 23.9 Å². The molecule has 136 valence electrons.